The van der Waals surface area contributed by atoms with Gasteiger partial charge in [-0.25, -0.2) is 0 Å². The number of fused-ring (bicyclic) bond motifs is 5. The number of unbranched alkanes of at least 4 members (excludes halogenated alkanes) is 10. The number of rotatable bonds is 16. The molecular weight excluding hydrogens is 474 g/mol. The Balaban J connectivity index is 1.01. The minimum Gasteiger partial charge on any atom is -0.436 e. The highest BCUT2D eigenvalue weighted by Gasteiger charge is 2.50. The highest BCUT2D eigenvalue weighted by Crippen LogP contribution is 2.58. The van der Waals surface area contributed by atoms with E-state index in [-0.39, 0.29) is 11.9 Å². The minimum absolute atomic E-state index is 0.144. The molecule has 4 rings (SSSR count). The first kappa shape index (κ1) is 29.7. The summed E-state index contributed by atoms with van der Waals surface area (Å²) in [7, 11) is 0. The Labute approximate surface area is 231 Å². The molecule has 0 heterocycles. The molecule has 4 aliphatic carbocycles. The lowest BCUT2D eigenvalue weighted by atomic mass is 9.53. The summed E-state index contributed by atoms with van der Waals surface area (Å²) >= 11 is 0. The molecule has 0 amide bonds. The number of carbonyl (C=O) groups excluding carboxylic acids is 1. The van der Waals surface area contributed by atoms with E-state index in [2.05, 4.69) is 10.0 Å². The second-order valence-corrected chi connectivity index (χ2v) is 13.3. The van der Waals surface area contributed by atoms with E-state index in [4.69, 9.17) is 10.3 Å². The fraction of sp³-hybridized carbons (Fsp3) is 0.969. The van der Waals surface area contributed by atoms with Crippen LogP contribution in [-0.4, -0.2) is 23.9 Å². The van der Waals surface area contributed by atoms with Crippen molar-refractivity contribution >= 4 is 5.97 Å². The van der Waals surface area contributed by atoms with E-state index >= 15 is 0 Å². The third-order valence-corrected chi connectivity index (χ3v) is 11.0. The molecule has 4 fully saturated rings. The van der Waals surface area contributed by atoms with Gasteiger partial charge in [0.2, 0.25) is 6.29 Å². The van der Waals surface area contributed by atoms with Crippen LogP contribution < -0.4 is 0 Å². The van der Waals surface area contributed by atoms with Crippen LogP contribution in [0.2, 0.25) is 0 Å². The molecule has 38 heavy (non-hydrogen) atoms. The molecule has 0 bridgehead atoms. The van der Waals surface area contributed by atoms with Crippen molar-refractivity contribution in [1.29, 1.82) is 0 Å². The fourth-order valence-electron chi connectivity index (χ4n) is 9.15. The van der Waals surface area contributed by atoms with Gasteiger partial charge in [-0.05, 0) is 105 Å². The first-order valence-electron chi connectivity index (χ1n) is 16.6. The van der Waals surface area contributed by atoms with Crippen molar-refractivity contribution in [1.82, 2.24) is 0 Å². The molecule has 4 aliphatic rings. The lowest BCUT2D eigenvalue weighted by Gasteiger charge is -2.53. The van der Waals surface area contributed by atoms with Crippen LogP contribution >= 0.6 is 0 Å². The van der Waals surface area contributed by atoms with Gasteiger partial charge in [-0.15, -0.1) is 0 Å². The smallest absolute Gasteiger partial charge is 0.308 e. The van der Waals surface area contributed by atoms with Gasteiger partial charge < -0.3 is 9.84 Å². The number of hydrogen-bond donors (Lipinski definition) is 1. The minimum atomic E-state index is -0.897. The molecule has 4 saturated carbocycles. The Morgan fingerprint density at radius 2 is 1.32 bits per heavy atom. The second kappa shape index (κ2) is 16.1. The largest absolute Gasteiger partial charge is 0.436 e. The number of aliphatic hydroxyl groups excluding tert-OH is 1. The van der Waals surface area contributed by atoms with Gasteiger partial charge >= 0.3 is 5.97 Å². The zero-order valence-electron chi connectivity index (χ0n) is 24.0. The Hall–Kier alpha value is -1.26. The highest BCUT2D eigenvalue weighted by molar-refractivity contribution is 5.69. The Bertz CT molecular complexity index is 754. The number of nitrogens with zero attached hydrogens (tertiary/aromatic N) is 3. The summed E-state index contributed by atoms with van der Waals surface area (Å²) in [5, 5.41) is 14.3. The van der Waals surface area contributed by atoms with Crippen LogP contribution in [0.25, 0.3) is 10.4 Å². The summed E-state index contributed by atoms with van der Waals surface area (Å²) in [4.78, 5) is 15.2. The maximum absolute atomic E-state index is 12.4. The van der Waals surface area contributed by atoms with Gasteiger partial charge in [0.15, 0.2) is 0 Å². The average molecular weight is 530 g/mol. The number of esters is 1. The summed E-state index contributed by atoms with van der Waals surface area (Å²) in [6.45, 7) is 0.631. The topological polar surface area (TPSA) is 95.3 Å². The molecule has 216 valence electrons. The predicted molar refractivity (Wildman–Crippen MR) is 152 cm³/mol. The third kappa shape index (κ3) is 8.62. The summed E-state index contributed by atoms with van der Waals surface area (Å²) in [6, 6.07) is 0. The van der Waals surface area contributed by atoms with E-state index in [1.807, 2.05) is 0 Å². The van der Waals surface area contributed by atoms with E-state index < -0.39 is 6.29 Å². The van der Waals surface area contributed by atoms with Crippen LogP contribution in [0.15, 0.2) is 5.11 Å². The van der Waals surface area contributed by atoms with E-state index in [9.17, 15) is 9.90 Å². The van der Waals surface area contributed by atoms with Crippen molar-refractivity contribution in [2.24, 2.45) is 46.5 Å². The van der Waals surface area contributed by atoms with Crippen molar-refractivity contribution in [3.05, 3.63) is 10.4 Å². The second-order valence-electron chi connectivity index (χ2n) is 13.3. The zero-order chi connectivity index (χ0) is 26.6. The maximum Gasteiger partial charge on any atom is 0.308 e. The quantitative estimate of drug-likeness (QED) is 0.0539. The number of ether oxygens (including phenoxy) is 1. The van der Waals surface area contributed by atoms with Crippen molar-refractivity contribution < 1.29 is 14.6 Å². The van der Waals surface area contributed by atoms with Gasteiger partial charge in [0.05, 0.1) is 0 Å². The lowest BCUT2D eigenvalue weighted by Crippen LogP contribution is -2.45. The van der Waals surface area contributed by atoms with Crippen LogP contribution in [0.3, 0.4) is 0 Å². The van der Waals surface area contributed by atoms with Crippen LogP contribution in [0, 0.1) is 41.4 Å². The average Bonchev–Trinajstić information content (AvgIpc) is 3.42. The molecule has 0 radical (unpaired) electrons. The van der Waals surface area contributed by atoms with Crippen LogP contribution in [0.5, 0.6) is 0 Å². The summed E-state index contributed by atoms with van der Waals surface area (Å²) in [5.74, 6) is 5.54. The van der Waals surface area contributed by atoms with Crippen molar-refractivity contribution in [2.45, 2.75) is 148 Å². The Morgan fingerprint density at radius 3 is 2.00 bits per heavy atom. The standard InChI is InChI=1S/C32H55N3O3/c33-35-34-22-11-9-7-5-3-1-2-4-6-8-10-15-31(36)38-32(37)26-18-19-28-25(23-26)17-21-29-27-14-12-13-24(27)16-20-30(28)29/h24-30,32,37H,1-23H2/t24-,25?,26?,27+,28-,29-,30+,32?/m0/s1. The summed E-state index contributed by atoms with van der Waals surface area (Å²) in [6.07, 6.45) is 25.9. The Kier molecular flexibility index (Phi) is 12.6. The van der Waals surface area contributed by atoms with E-state index in [1.54, 1.807) is 0 Å². The van der Waals surface area contributed by atoms with E-state index in [0.717, 1.165) is 74.0 Å². The third-order valence-electron chi connectivity index (χ3n) is 11.0. The molecule has 8 atom stereocenters. The van der Waals surface area contributed by atoms with Gasteiger partial charge in [-0.1, -0.05) is 75.7 Å². The SMILES string of the molecule is [N-]=[N+]=NCCCCCCCCCCCCCC(=O)OC(O)C1CC[C@H]2C(CC[C@H]3[C@@H]4CCC[C@H]4CC[C@@H]32)C1. The molecule has 6 heteroatoms. The molecule has 1 N–H and O–H groups in total. The molecule has 0 spiro atoms. The first-order chi connectivity index (χ1) is 18.7. The maximum atomic E-state index is 12.4. The molecule has 0 aromatic rings. The first-order valence-corrected chi connectivity index (χ1v) is 16.6. The molecule has 0 saturated heterocycles. The summed E-state index contributed by atoms with van der Waals surface area (Å²) < 4.78 is 5.54. The zero-order valence-corrected chi connectivity index (χ0v) is 24.0. The summed E-state index contributed by atoms with van der Waals surface area (Å²) in [5.41, 5.74) is 8.26. The molecule has 0 aromatic carbocycles. The number of aliphatic hydroxyl groups is 1. The molecule has 6 nitrogen and oxygen atoms in total. The van der Waals surface area contributed by atoms with Gasteiger partial charge in [0.25, 0.3) is 0 Å². The lowest BCUT2D eigenvalue weighted by molar-refractivity contribution is -0.183. The molecular formula is C32H55N3O3. The van der Waals surface area contributed by atoms with E-state index in [0.29, 0.717) is 13.0 Å². The molecule has 3 unspecified atom stereocenters. The predicted octanol–water partition coefficient (Wildman–Crippen LogP) is 9.11. The van der Waals surface area contributed by atoms with Crippen molar-refractivity contribution in [3.8, 4) is 0 Å². The fourth-order valence-corrected chi connectivity index (χ4v) is 9.15. The van der Waals surface area contributed by atoms with Crippen LogP contribution in [0.1, 0.15) is 141 Å². The van der Waals surface area contributed by atoms with Crippen LogP contribution in [0.4, 0.5) is 0 Å². The van der Waals surface area contributed by atoms with Gasteiger partial charge in [0.1, 0.15) is 0 Å². The van der Waals surface area contributed by atoms with Gasteiger partial charge in [-0.2, -0.15) is 0 Å². The number of hydrogen-bond acceptors (Lipinski definition) is 4. The Morgan fingerprint density at radius 1 is 0.737 bits per heavy atom. The number of carbonyl (C=O) groups is 1. The number of azide groups is 1. The van der Waals surface area contributed by atoms with Crippen LogP contribution in [-0.2, 0) is 9.53 Å². The monoisotopic (exact) mass is 529 g/mol. The van der Waals surface area contributed by atoms with Gasteiger partial charge in [-0.3, -0.25) is 4.79 Å². The normalized spacial score (nSPS) is 32.9. The van der Waals surface area contributed by atoms with Gasteiger partial charge in [0, 0.05) is 23.8 Å². The highest BCUT2D eigenvalue weighted by atomic mass is 16.6. The van der Waals surface area contributed by atoms with Crippen molar-refractivity contribution in [3.63, 3.8) is 0 Å². The van der Waals surface area contributed by atoms with Crippen molar-refractivity contribution in [2.75, 3.05) is 6.54 Å². The van der Waals surface area contributed by atoms with E-state index in [1.165, 1.54) is 96.3 Å². The molecule has 0 aromatic heterocycles. The molecule has 0 aliphatic heterocycles.